The first-order valence-corrected chi connectivity index (χ1v) is 17.8. The summed E-state index contributed by atoms with van der Waals surface area (Å²) >= 11 is 0. The number of hydrogen-bond acceptors (Lipinski definition) is 7. The van der Waals surface area contributed by atoms with Gasteiger partial charge in [-0.2, -0.15) is 0 Å². The Morgan fingerprint density at radius 2 is 1.37 bits per heavy atom. The van der Waals surface area contributed by atoms with E-state index >= 15 is 0 Å². The largest absolute Gasteiger partial charge is 0.392 e. The lowest BCUT2D eigenvalue weighted by molar-refractivity contribution is -0.276. The van der Waals surface area contributed by atoms with Crippen LogP contribution < -0.4 is 0 Å². The zero-order valence-electron chi connectivity index (χ0n) is 29.6. The van der Waals surface area contributed by atoms with E-state index in [9.17, 15) is 19.8 Å². The van der Waals surface area contributed by atoms with Crippen molar-refractivity contribution < 1.29 is 29.3 Å². The average Bonchev–Trinajstić information content (AvgIpc) is 3.43. The highest BCUT2D eigenvalue weighted by Crippen LogP contribution is 2.43. The number of carbonyl (C=O) groups excluding carboxylic acids is 2. The number of nitrogens with zero attached hydrogens (tertiary/aromatic N) is 2. The highest BCUT2D eigenvalue weighted by Gasteiger charge is 2.40. The summed E-state index contributed by atoms with van der Waals surface area (Å²) in [6.07, 6.45) is -1.86. The van der Waals surface area contributed by atoms with Crippen LogP contribution in [0.15, 0.2) is 127 Å². The van der Waals surface area contributed by atoms with Crippen molar-refractivity contribution in [1.29, 1.82) is 0 Å². The highest BCUT2D eigenvalue weighted by atomic mass is 16.7. The number of rotatable bonds is 11. The Morgan fingerprint density at radius 1 is 0.731 bits per heavy atom. The van der Waals surface area contributed by atoms with Gasteiger partial charge in [0.1, 0.15) is 0 Å². The summed E-state index contributed by atoms with van der Waals surface area (Å²) in [5.41, 5.74) is 7.17. The number of aliphatic hydroxyl groups excluding tert-OH is 2. The Balaban J connectivity index is 1.13. The number of aliphatic hydroxyl groups is 2. The summed E-state index contributed by atoms with van der Waals surface area (Å²) in [6.45, 7) is 4.87. The minimum Gasteiger partial charge on any atom is -0.392 e. The van der Waals surface area contributed by atoms with Crippen molar-refractivity contribution in [2.75, 3.05) is 13.6 Å². The van der Waals surface area contributed by atoms with E-state index in [4.69, 9.17) is 9.47 Å². The van der Waals surface area contributed by atoms with E-state index in [0.717, 1.165) is 38.9 Å². The van der Waals surface area contributed by atoms with Crippen molar-refractivity contribution in [2.24, 2.45) is 5.92 Å². The quantitative estimate of drug-likeness (QED) is 0.138. The van der Waals surface area contributed by atoms with Crippen LogP contribution in [0.2, 0.25) is 0 Å². The molecule has 2 aliphatic rings. The Morgan fingerprint density at radius 3 is 2.04 bits per heavy atom. The third-order valence-electron chi connectivity index (χ3n) is 10.5. The van der Waals surface area contributed by atoms with E-state index in [0.29, 0.717) is 17.7 Å². The first kappa shape index (κ1) is 35.4. The predicted molar refractivity (Wildman–Crippen MR) is 199 cm³/mol. The van der Waals surface area contributed by atoms with Gasteiger partial charge in [0.2, 0.25) is 0 Å². The summed E-state index contributed by atoms with van der Waals surface area (Å²) in [5.74, 6) is -0.584. The maximum atomic E-state index is 13.0. The molecule has 52 heavy (non-hydrogen) atoms. The molecule has 2 aliphatic heterocycles. The van der Waals surface area contributed by atoms with Crippen LogP contribution in [0.4, 0.5) is 0 Å². The molecule has 1 fully saturated rings. The van der Waals surface area contributed by atoms with Crippen LogP contribution in [0.1, 0.15) is 80.9 Å². The lowest BCUT2D eigenvalue weighted by Gasteiger charge is -2.43. The fourth-order valence-corrected chi connectivity index (χ4v) is 7.23. The van der Waals surface area contributed by atoms with Crippen molar-refractivity contribution >= 4 is 11.8 Å². The van der Waals surface area contributed by atoms with Crippen LogP contribution in [-0.2, 0) is 22.6 Å². The normalized spacial score (nSPS) is 21.3. The third kappa shape index (κ3) is 7.21. The fourth-order valence-electron chi connectivity index (χ4n) is 7.23. The van der Waals surface area contributed by atoms with E-state index in [-0.39, 0.29) is 49.1 Å². The molecule has 0 spiro atoms. The number of hydrogen-bond donors (Lipinski definition) is 2. The van der Waals surface area contributed by atoms with Crippen LogP contribution in [0.25, 0.3) is 11.1 Å². The molecule has 6 atom stereocenters. The van der Waals surface area contributed by atoms with Gasteiger partial charge < -0.3 is 19.7 Å². The van der Waals surface area contributed by atoms with Crippen LogP contribution in [0, 0.1) is 5.92 Å². The molecule has 5 aromatic carbocycles. The number of fused-ring (bicyclic) bond motifs is 1. The van der Waals surface area contributed by atoms with Crippen LogP contribution in [0.5, 0.6) is 0 Å². The Labute approximate surface area is 304 Å². The van der Waals surface area contributed by atoms with E-state index in [2.05, 4.69) is 17.9 Å². The van der Waals surface area contributed by atoms with Gasteiger partial charge in [-0.15, -0.1) is 0 Å². The molecule has 0 radical (unpaired) electrons. The van der Waals surface area contributed by atoms with E-state index < -0.39 is 12.4 Å². The number of ether oxygens (including phenoxy) is 2. The molecule has 0 aromatic heterocycles. The minimum absolute atomic E-state index is 0.0262. The molecule has 2 amide bonds. The van der Waals surface area contributed by atoms with Gasteiger partial charge >= 0.3 is 0 Å². The number of benzene rings is 5. The van der Waals surface area contributed by atoms with Crippen molar-refractivity contribution in [3.63, 3.8) is 0 Å². The zero-order chi connectivity index (χ0) is 36.4. The van der Waals surface area contributed by atoms with Gasteiger partial charge in [0, 0.05) is 24.1 Å². The van der Waals surface area contributed by atoms with Crippen LogP contribution in [0.3, 0.4) is 0 Å². The average molecular weight is 697 g/mol. The molecular weight excluding hydrogens is 652 g/mol. The maximum absolute atomic E-state index is 13.0. The molecule has 8 heteroatoms. The van der Waals surface area contributed by atoms with E-state index in [1.54, 1.807) is 24.3 Å². The molecule has 2 N–H and O–H groups in total. The highest BCUT2D eigenvalue weighted by molar-refractivity contribution is 6.21. The lowest BCUT2D eigenvalue weighted by Crippen LogP contribution is -2.46. The maximum Gasteiger partial charge on any atom is 0.261 e. The molecule has 0 saturated carbocycles. The molecule has 8 nitrogen and oxygen atoms in total. The monoisotopic (exact) mass is 696 g/mol. The third-order valence-corrected chi connectivity index (χ3v) is 10.5. The topological polar surface area (TPSA) is 99.5 Å². The first-order chi connectivity index (χ1) is 25.2. The molecule has 7 rings (SSSR count). The Hall–Kier alpha value is -4.96. The molecule has 0 aliphatic carbocycles. The first-order valence-electron chi connectivity index (χ1n) is 17.8. The summed E-state index contributed by atoms with van der Waals surface area (Å²) in [7, 11) is 2.01. The molecule has 6 unspecified atom stereocenters. The number of carbonyl (C=O) groups is 2. The molecule has 5 aromatic rings. The Bertz CT molecular complexity index is 2000. The fraction of sp³-hybridized carbons (Fsp3) is 0.273. The van der Waals surface area contributed by atoms with E-state index in [1.807, 2.05) is 111 Å². The van der Waals surface area contributed by atoms with Gasteiger partial charge in [0.05, 0.1) is 42.6 Å². The zero-order valence-corrected chi connectivity index (χ0v) is 29.6. The molecule has 2 heterocycles. The standard InChI is InChI=1S/C44H44N2O6/c1-28-39(26-45(3)29(2)40(48)32-12-5-4-6-13-32)51-44(52-41(28)33-21-19-30(27-47)20-22-33)36-16-10-15-35(24-36)34-14-9-11-31(23-34)25-46-42(49)37-17-7-8-18-38(37)43(46)50/h4-24,28-29,39-41,44,47-48H,25-27H2,1-3H3. The SMILES string of the molecule is CC1C(CN(C)C(C)C(O)c2ccccc2)OC(c2cccc(-c3cccc(CN4C(=O)c5ccccc5C4=O)c3)c2)OC1c1ccc(CO)cc1. The summed E-state index contributed by atoms with van der Waals surface area (Å²) in [6, 6.07) is 40.3. The van der Waals surface area contributed by atoms with Crippen molar-refractivity contribution in [3.05, 3.63) is 166 Å². The molecule has 1 saturated heterocycles. The van der Waals surface area contributed by atoms with Crippen molar-refractivity contribution in [1.82, 2.24) is 9.80 Å². The Kier molecular flexibility index (Phi) is 10.5. The summed E-state index contributed by atoms with van der Waals surface area (Å²) < 4.78 is 13.5. The van der Waals surface area contributed by atoms with Crippen molar-refractivity contribution in [2.45, 2.75) is 57.6 Å². The lowest BCUT2D eigenvalue weighted by atomic mass is 9.89. The minimum atomic E-state index is -0.673. The second-order valence-corrected chi connectivity index (χ2v) is 13.9. The van der Waals surface area contributed by atoms with Gasteiger partial charge in [-0.3, -0.25) is 19.4 Å². The van der Waals surface area contributed by atoms with Crippen molar-refractivity contribution in [3.8, 4) is 11.1 Å². The molecule has 0 bridgehead atoms. The number of likely N-dealkylation sites (N-methyl/N-ethyl adjacent to an activating group) is 1. The number of amides is 2. The molecular formula is C44H44N2O6. The van der Waals surface area contributed by atoms with Gasteiger partial charge in [-0.1, -0.05) is 110 Å². The smallest absolute Gasteiger partial charge is 0.261 e. The summed E-state index contributed by atoms with van der Waals surface area (Å²) in [5, 5.41) is 20.9. The predicted octanol–water partition coefficient (Wildman–Crippen LogP) is 7.49. The van der Waals surface area contributed by atoms with Gasteiger partial charge in [-0.05, 0) is 71.6 Å². The van der Waals surface area contributed by atoms with Crippen LogP contribution in [-0.4, -0.2) is 57.6 Å². The molecule has 266 valence electrons. The second kappa shape index (κ2) is 15.3. The van der Waals surface area contributed by atoms with Crippen LogP contribution >= 0.6 is 0 Å². The summed E-state index contributed by atoms with van der Waals surface area (Å²) in [4.78, 5) is 29.5. The van der Waals surface area contributed by atoms with Gasteiger partial charge in [0.25, 0.3) is 11.8 Å². The van der Waals surface area contributed by atoms with Gasteiger partial charge in [-0.25, -0.2) is 0 Å². The second-order valence-electron chi connectivity index (χ2n) is 13.9. The number of imide groups is 1. The van der Waals surface area contributed by atoms with Gasteiger partial charge in [0.15, 0.2) is 6.29 Å². The van der Waals surface area contributed by atoms with E-state index in [1.165, 1.54) is 4.90 Å².